The molecule has 1 aromatic heterocycles. The van der Waals surface area contributed by atoms with Crippen molar-refractivity contribution < 1.29 is 13.9 Å². The number of aromatic nitrogens is 1. The van der Waals surface area contributed by atoms with Crippen molar-refractivity contribution in [3.8, 4) is 17.2 Å². The van der Waals surface area contributed by atoms with Crippen molar-refractivity contribution in [2.75, 3.05) is 25.1 Å². The molecule has 1 aliphatic heterocycles. The second kappa shape index (κ2) is 8.17. The van der Waals surface area contributed by atoms with Crippen molar-refractivity contribution in [3.05, 3.63) is 65.0 Å². The van der Waals surface area contributed by atoms with Crippen LogP contribution in [0.25, 0.3) is 11.5 Å². The summed E-state index contributed by atoms with van der Waals surface area (Å²) < 4.78 is 11.2. The van der Waals surface area contributed by atoms with Crippen LogP contribution in [0.15, 0.2) is 52.9 Å². The van der Waals surface area contributed by atoms with E-state index in [-0.39, 0.29) is 11.9 Å². The van der Waals surface area contributed by atoms with E-state index in [4.69, 9.17) is 20.8 Å². The molecule has 29 heavy (non-hydrogen) atoms. The highest BCUT2D eigenvalue weighted by Crippen LogP contribution is 2.33. The Bertz CT molecular complexity index is 1020. The first-order valence-corrected chi connectivity index (χ1v) is 9.85. The summed E-state index contributed by atoms with van der Waals surface area (Å²) in [5.74, 6) is 1.50. The molecule has 2 heterocycles. The molecule has 1 aliphatic rings. The van der Waals surface area contributed by atoms with E-state index in [1.54, 1.807) is 20.1 Å². The zero-order valence-electron chi connectivity index (χ0n) is 16.3. The van der Waals surface area contributed by atoms with E-state index in [1.165, 1.54) is 0 Å². The van der Waals surface area contributed by atoms with Crippen LogP contribution in [0.2, 0.25) is 5.02 Å². The number of halogens is 1. The lowest BCUT2D eigenvalue weighted by molar-refractivity contribution is 0.0934. The van der Waals surface area contributed by atoms with Crippen LogP contribution in [-0.4, -0.2) is 37.1 Å². The Morgan fingerprint density at radius 3 is 2.83 bits per heavy atom. The van der Waals surface area contributed by atoms with E-state index in [1.807, 2.05) is 42.5 Å². The molecular weight excluding hydrogens is 390 g/mol. The number of nitrogens with one attached hydrogen (secondary N) is 1. The van der Waals surface area contributed by atoms with Gasteiger partial charge in [0.2, 0.25) is 5.89 Å². The molecule has 7 heteroatoms. The highest BCUT2D eigenvalue weighted by molar-refractivity contribution is 6.30. The summed E-state index contributed by atoms with van der Waals surface area (Å²) in [7, 11) is 1.64. The van der Waals surface area contributed by atoms with Gasteiger partial charge in [0.15, 0.2) is 5.69 Å². The van der Waals surface area contributed by atoms with Crippen molar-refractivity contribution in [2.24, 2.45) is 0 Å². The van der Waals surface area contributed by atoms with Crippen LogP contribution in [0, 0.1) is 6.92 Å². The number of amides is 1. The standard InChI is InChI=1S/C22H22ClN3O3/c1-14-20(25-22(29-14)15-6-4-3-5-7-15)21(27)24-17-10-11-26(13-17)18-12-16(23)8-9-19(18)28-2/h3-9,12,17H,10-11,13H2,1-2H3,(H,24,27). The molecular formula is C22H22ClN3O3. The van der Waals surface area contributed by atoms with Crippen LogP contribution in [0.1, 0.15) is 22.7 Å². The summed E-state index contributed by atoms with van der Waals surface area (Å²) in [5.41, 5.74) is 2.10. The van der Waals surface area contributed by atoms with Gasteiger partial charge in [0.1, 0.15) is 11.5 Å². The van der Waals surface area contributed by atoms with Crippen LogP contribution in [0.5, 0.6) is 5.75 Å². The Kier molecular flexibility index (Phi) is 5.45. The van der Waals surface area contributed by atoms with Crippen LogP contribution >= 0.6 is 11.6 Å². The predicted octanol–water partition coefficient (Wildman–Crippen LogP) is 4.32. The van der Waals surface area contributed by atoms with Gasteiger partial charge in [0.05, 0.1) is 12.8 Å². The molecule has 1 N–H and O–H groups in total. The van der Waals surface area contributed by atoms with E-state index in [9.17, 15) is 4.79 Å². The maximum absolute atomic E-state index is 12.8. The number of hydrogen-bond acceptors (Lipinski definition) is 5. The molecule has 6 nitrogen and oxygen atoms in total. The smallest absolute Gasteiger partial charge is 0.273 e. The van der Waals surface area contributed by atoms with Crippen molar-refractivity contribution in [2.45, 2.75) is 19.4 Å². The lowest BCUT2D eigenvalue weighted by Crippen LogP contribution is -2.37. The van der Waals surface area contributed by atoms with Gasteiger partial charge in [-0.2, -0.15) is 0 Å². The number of methoxy groups -OCH3 is 1. The minimum Gasteiger partial charge on any atom is -0.495 e. The quantitative estimate of drug-likeness (QED) is 0.677. The zero-order chi connectivity index (χ0) is 20.4. The third-order valence-electron chi connectivity index (χ3n) is 5.04. The summed E-state index contributed by atoms with van der Waals surface area (Å²) in [6.07, 6.45) is 0.823. The lowest BCUT2D eigenvalue weighted by atomic mass is 10.2. The number of ether oxygens (including phenoxy) is 1. The van der Waals surface area contributed by atoms with Crippen molar-refractivity contribution >= 4 is 23.2 Å². The molecule has 0 bridgehead atoms. The molecule has 0 spiro atoms. The van der Waals surface area contributed by atoms with Gasteiger partial charge in [0.25, 0.3) is 5.91 Å². The Hall–Kier alpha value is -2.99. The average molecular weight is 412 g/mol. The Morgan fingerprint density at radius 1 is 1.28 bits per heavy atom. The minimum atomic E-state index is -0.224. The fourth-order valence-corrected chi connectivity index (χ4v) is 3.74. The SMILES string of the molecule is COc1ccc(Cl)cc1N1CCC(NC(=O)c2nc(-c3ccccc3)oc2C)C1. The Balaban J connectivity index is 1.45. The molecule has 0 saturated carbocycles. The molecule has 2 aromatic carbocycles. The number of hydrogen-bond donors (Lipinski definition) is 1. The van der Waals surface area contributed by atoms with Crippen LogP contribution in [-0.2, 0) is 0 Å². The highest BCUT2D eigenvalue weighted by Gasteiger charge is 2.28. The summed E-state index contributed by atoms with van der Waals surface area (Å²) in [5, 5.41) is 3.73. The molecule has 1 saturated heterocycles. The van der Waals surface area contributed by atoms with E-state index in [2.05, 4.69) is 15.2 Å². The van der Waals surface area contributed by atoms with Gasteiger partial charge < -0.3 is 19.4 Å². The number of anilines is 1. The summed E-state index contributed by atoms with van der Waals surface area (Å²) in [6, 6.07) is 15.1. The minimum absolute atomic E-state index is 0.00228. The molecule has 4 rings (SSSR count). The summed E-state index contributed by atoms with van der Waals surface area (Å²) in [4.78, 5) is 19.4. The molecule has 1 atom stereocenters. The fourth-order valence-electron chi connectivity index (χ4n) is 3.57. The van der Waals surface area contributed by atoms with Gasteiger partial charge >= 0.3 is 0 Å². The van der Waals surface area contributed by atoms with Crippen LogP contribution in [0.4, 0.5) is 5.69 Å². The van der Waals surface area contributed by atoms with Gasteiger partial charge in [-0.1, -0.05) is 29.8 Å². The number of nitrogens with zero attached hydrogens (tertiary/aromatic N) is 2. The van der Waals surface area contributed by atoms with E-state index in [0.29, 0.717) is 28.9 Å². The topological polar surface area (TPSA) is 67.6 Å². The first-order chi connectivity index (χ1) is 14.0. The second-order valence-electron chi connectivity index (χ2n) is 7.01. The van der Waals surface area contributed by atoms with Gasteiger partial charge in [0, 0.05) is 29.7 Å². The number of rotatable bonds is 5. The van der Waals surface area contributed by atoms with Crippen molar-refractivity contribution in [3.63, 3.8) is 0 Å². The van der Waals surface area contributed by atoms with Gasteiger partial charge in [-0.25, -0.2) is 4.98 Å². The van der Waals surface area contributed by atoms with E-state index >= 15 is 0 Å². The van der Waals surface area contributed by atoms with Gasteiger partial charge in [-0.05, 0) is 43.7 Å². The molecule has 0 aliphatic carbocycles. The molecule has 1 unspecified atom stereocenters. The van der Waals surface area contributed by atoms with E-state index in [0.717, 1.165) is 30.0 Å². The lowest BCUT2D eigenvalue weighted by Gasteiger charge is -2.21. The molecule has 0 radical (unpaired) electrons. The van der Waals surface area contributed by atoms with Crippen LogP contribution < -0.4 is 15.0 Å². The highest BCUT2D eigenvalue weighted by atomic mass is 35.5. The summed E-state index contributed by atoms with van der Waals surface area (Å²) >= 11 is 6.15. The zero-order valence-corrected chi connectivity index (χ0v) is 17.1. The monoisotopic (exact) mass is 411 g/mol. The Labute approximate surface area is 174 Å². The van der Waals surface area contributed by atoms with Crippen LogP contribution in [0.3, 0.4) is 0 Å². The van der Waals surface area contributed by atoms with Crippen molar-refractivity contribution in [1.29, 1.82) is 0 Å². The molecule has 1 fully saturated rings. The third-order valence-corrected chi connectivity index (χ3v) is 5.27. The number of oxazole rings is 1. The van der Waals surface area contributed by atoms with Crippen molar-refractivity contribution in [1.82, 2.24) is 10.3 Å². The molecule has 3 aromatic rings. The first kappa shape index (κ1) is 19.3. The molecule has 150 valence electrons. The average Bonchev–Trinajstić information content (AvgIpc) is 3.35. The van der Waals surface area contributed by atoms with E-state index < -0.39 is 0 Å². The summed E-state index contributed by atoms with van der Waals surface area (Å²) in [6.45, 7) is 3.23. The third kappa shape index (κ3) is 4.07. The maximum atomic E-state index is 12.8. The first-order valence-electron chi connectivity index (χ1n) is 9.47. The largest absolute Gasteiger partial charge is 0.495 e. The number of aryl methyl sites for hydroxylation is 1. The number of benzene rings is 2. The fraction of sp³-hybridized carbons (Fsp3) is 0.273. The maximum Gasteiger partial charge on any atom is 0.273 e. The van der Waals surface area contributed by atoms with Gasteiger partial charge in [-0.3, -0.25) is 4.79 Å². The Morgan fingerprint density at radius 2 is 2.07 bits per heavy atom. The number of carbonyl (C=O) groups is 1. The predicted molar refractivity (Wildman–Crippen MR) is 113 cm³/mol. The second-order valence-corrected chi connectivity index (χ2v) is 7.45. The molecule has 1 amide bonds. The normalized spacial score (nSPS) is 16.1. The van der Waals surface area contributed by atoms with Gasteiger partial charge in [-0.15, -0.1) is 0 Å². The number of carbonyl (C=O) groups excluding carboxylic acids is 1.